The predicted octanol–water partition coefficient (Wildman–Crippen LogP) is 3.55. The van der Waals surface area contributed by atoms with Gasteiger partial charge in [0.25, 0.3) is 0 Å². The van der Waals surface area contributed by atoms with Crippen molar-refractivity contribution < 1.29 is 27.1 Å². The van der Waals surface area contributed by atoms with Crippen LogP contribution in [-0.4, -0.2) is 31.3 Å². The Morgan fingerprint density at radius 3 is 2.33 bits per heavy atom. The van der Waals surface area contributed by atoms with Crippen molar-refractivity contribution in [3.8, 4) is 0 Å². The minimum atomic E-state index is -4.24. The van der Waals surface area contributed by atoms with Crippen LogP contribution in [0.25, 0.3) is 0 Å². The van der Waals surface area contributed by atoms with Gasteiger partial charge in [-0.3, -0.25) is 4.79 Å². The second-order valence-corrected chi connectivity index (χ2v) is 4.40. The van der Waals surface area contributed by atoms with Crippen molar-refractivity contribution in [1.29, 1.82) is 0 Å². The summed E-state index contributed by atoms with van der Waals surface area (Å²) in [6.45, 7) is -2.14. The van der Waals surface area contributed by atoms with Gasteiger partial charge in [-0.15, -0.1) is 0 Å². The fourth-order valence-electron chi connectivity index (χ4n) is 1.06. The van der Waals surface area contributed by atoms with E-state index >= 15 is 0 Å². The van der Waals surface area contributed by atoms with Crippen LogP contribution in [0, 0.1) is 0 Å². The Morgan fingerprint density at radius 2 is 1.83 bits per heavy atom. The lowest BCUT2D eigenvalue weighted by atomic mass is 10.1. The Labute approximate surface area is 109 Å². The van der Waals surface area contributed by atoms with E-state index in [4.69, 9.17) is 0 Å². The summed E-state index contributed by atoms with van der Waals surface area (Å²) in [4.78, 5) is 11.4. The Bertz CT molecular complexity index is 406. The van der Waals surface area contributed by atoms with Gasteiger partial charge in [0.05, 0.1) is 0 Å². The molecule has 0 aliphatic rings. The number of hydrogen-bond acceptors (Lipinski definition) is 2. The molecule has 0 aromatic heterocycles. The van der Waals surface area contributed by atoms with Gasteiger partial charge in [0.2, 0.25) is 0 Å². The van der Waals surface area contributed by atoms with Gasteiger partial charge in [-0.05, 0) is 12.1 Å². The number of carbonyl (C=O) groups is 1. The third-order valence-corrected chi connectivity index (χ3v) is 2.54. The fourth-order valence-corrected chi connectivity index (χ4v) is 1.33. The SMILES string of the molecule is O=C(COCC(F)(F)C(F)F)c1ccc(Br)cc1. The Kier molecular flexibility index (Phi) is 5.28. The number of benzene rings is 1. The first-order chi connectivity index (χ1) is 8.33. The zero-order valence-electron chi connectivity index (χ0n) is 9.01. The smallest absolute Gasteiger partial charge is 0.330 e. The number of Topliss-reactive ketones (excluding diaryl/α,β-unsaturated/α-hetero) is 1. The van der Waals surface area contributed by atoms with Crippen LogP contribution in [0.2, 0.25) is 0 Å². The van der Waals surface area contributed by atoms with E-state index in [2.05, 4.69) is 20.7 Å². The molecule has 0 heterocycles. The maximum absolute atomic E-state index is 12.5. The van der Waals surface area contributed by atoms with Gasteiger partial charge in [0, 0.05) is 10.0 Å². The maximum atomic E-state index is 12.5. The van der Waals surface area contributed by atoms with Crippen molar-refractivity contribution in [3.05, 3.63) is 34.3 Å². The molecule has 7 heteroatoms. The molecule has 0 saturated heterocycles. The van der Waals surface area contributed by atoms with Crippen molar-refractivity contribution in [3.63, 3.8) is 0 Å². The van der Waals surface area contributed by atoms with Gasteiger partial charge in [-0.2, -0.15) is 8.78 Å². The van der Waals surface area contributed by atoms with Gasteiger partial charge in [-0.1, -0.05) is 28.1 Å². The van der Waals surface area contributed by atoms with Crippen LogP contribution in [0.15, 0.2) is 28.7 Å². The van der Waals surface area contributed by atoms with Gasteiger partial charge >= 0.3 is 12.3 Å². The summed E-state index contributed by atoms with van der Waals surface area (Å²) in [6, 6.07) is 6.14. The third-order valence-electron chi connectivity index (χ3n) is 2.01. The Balaban J connectivity index is 2.45. The average molecular weight is 329 g/mol. The summed E-state index contributed by atoms with van der Waals surface area (Å²) in [5, 5.41) is 0. The van der Waals surface area contributed by atoms with Crippen molar-refractivity contribution in [2.75, 3.05) is 13.2 Å². The molecule has 0 aliphatic carbocycles. The van der Waals surface area contributed by atoms with E-state index in [1.807, 2.05) is 0 Å². The number of hydrogen-bond donors (Lipinski definition) is 0. The molecular formula is C11H9BrF4O2. The minimum absolute atomic E-state index is 0.263. The van der Waals surface area contributed by atoms with E-state index in [9.17, 15) is 22.4 Å². The largest absolute Gasteiger partial charge is 0.367 e. The molecular weight excluding hydrogens is 320 g/mol. The molecule has 0 amide bonds. The lowest BCUT2D eigenvalue weighted by Gasteiger charge is -2.14. The predicted molar refractivity (Wildman–Crippen MR) is 60.2 cm³/mol. The minimum Gasteiger partial charge on any atom is -0.367 e. The van der Waals surface area contributed by atoms with Crippen LogP contribution in [0.3, 0.4) is 0 Å². The molecule has 100 valence electrons. The fraction of sp³-hybridized carbons (Fsp3) is 0.364. The summed E-state index contributed by atoms with van der Waals surface area (Å²) in [7, 11) is 0. The maximum Gasteiger partial charge on any atom is 0.330 e. The van der Waals surface area contributed by atoms with Crippen LogP contribution in [0.5, 0.6) is 0 Å². The molecule has 0 saturated carbocycles. The van der Waals surface area contributed by atoms with Crippen molar-refractivity contribution in [2.45, 2.75) is 12.3 Å². The first-order valence-electron chi connectivity index (χ1n) is 4.85. The van der Waals surface area contributed by atoms with E-state index in [1.165, 1.54) is 12.1 Å². The topological polar surface area (TPSA) is 26.3 Å². The molecule has 18 heavy (non-hydrogen) atoms. The van der Waals surface area contributed by atoms with Crippen LogP contribution in [0.4, 0.5) is 17.6 Å². The standard InChI is InChI=1S/C11H9BrF4O2/c12-8-3-1-7(2-4-8)9(17)5-18-6-11(15,16)10(13)14/h1-4,10H,5-6H2. The van der Waals surface area contributed by atoms with E-state index < -0.39 is 31.3 Å². The highest BCUT2D eigenvalue weighted by atomic mass is 79.9. The highest BCUT2D eigenvalue weighted by Gasteiger charge is 2.41. The molecule has 0 unspecified atom stereocenters. The Morgan fingerprint density at radius 1 is 1.28 bits per heavy atom. The van der Waals surface area contributed by atoms with E-state index in [0.29, 0.717) is 0 Å². The van der Waals surface area contributed by atoms with Crippen molar-refractivity contribution in [2.24, 2.45) is 0 Å². The molecule has 0 atom stereocenters. The van der Waals surface area contributed by atoms with Crippen LogP contribution < -0.4 is 0 Å². The quantitative estimate of drug-likeness (QED) is 0.589. The summed E-state index contributed by atoms with van der Waals surface area (Å²) >= 11 is 3.16. The zero-order valence-corrected chi connectivity index (χ0v) is 10.6. The van der Waals surface area contributed by atoms with Crippen LogP contribution >= 0.6 is 15.9 Å². The number of ketones is 1. The van der Waals surface area contributed by atoms with E-state index in [0.717, 1.165) is 4.47 Å². The number of ether oxygens (including phenoxy) is 1. The molecule has 0 aliphatic heterocycles. The molecule has 2 nitrogen and oxygen atoms in total. The highest BCUT2D eigenvalue weighted by molar-refractivity contribution is 9.10. The second-order valence-electron chi connectivity index (χ2n) is 3.48. The van der Waals surface area contributed by atoms with Crippen molar-refractivity contribution in [1.82, 2.24) is 0 Å². The molecule has 1 aromatic rings. The summed E-state index contributed by atoms with van der Waals surface area (Å²) in [6.07, 6.45) is -3.81. The van der Waals surface area contributed by atoms with Crippen LogP contribution in [-0.2, 0) is 4.74 Å². The summed E-state index contributed by atoms with van der Waals surface area (Å²) in [5.41, 5.74) is 0.263. The molecule has 0 radical (unpaired) electrons. The summed E-state index contributed by atoms with van der Waals surface area (Å²) < 4.78 is 53.6. The first-order valence-corrected chi connectivity index (χ1v) is 5.65. The van der Waals surface area contributed by atoms with Gasteiger partial charge in [-0.25, -0.2) is 8.78 Å². The lowest BCUT2D eigenvalue weighted by molar-refractivity contribution is -0.163. The number of carbonyl (C=O) groups excluding carboxylic acids is 1. The lowest BCUT2D eigenvalue weighted by Crippen LogP contribution is -2.33. The number of halogens is 5. The monoisotopic (exact) mass is 328 g/mol. The molecule has 0 N–H and O–H groups in total. The first kappa shape index (κ1) is 15.1. The molecule has 1 rings (SSSR count). The van der Waals surface area contributed by atoms with Gasteiger partial charge < -0.3 is 4.74 Å². The normalized spacial score (nSPS) is 11.9. The molecule has 0 spiro atoms. The van der Waals surface area contributed by atoms with Crippen molar-refractivity contribution >= 4 is 21.7 Å². The zero-order chi connectivity index (χ0) is 13.8. The van der Waals surface area contributed by atoms with Crippen LogP contribution in [0.1, 0.15) is 10.4 Å². The van der Waals surface area contributed by atoms with E-state index in [-0.39, 0.29) is 5.56 Å². The second kappa shape index (κ2) is 6.29. The van der Waals surface area contributed by atoms with E-state index in [1.54, 1.807) is 12.1 Å². The average Bonchev–Trinajstić information content (AvgIpc) is 2.29. The molecule has 1 aromatic carbocycles. The Hall–Kier alpha value is -0.950. The number of alkyl halides is 4. The van der Waals surface area contributed by atoms with Gasteiger partial charge in [0.15, 0.2) is 5.78 Å². The van der Waals surface area contributed by atoms with Gasteiger partial charge in [0.1, 0.15) is 13.2 Å². The molecule has 0 bridgehead atoms. The molecule has 0 fully saturated rings. The number of rotatable bonds is 6. The highest BCUT2D eigenvalue weighted by Crippen LogP contribution is 2.22. The summed E-state index contributed by atoms with van der Waals surface area (Å²) in [5.74, 6) is -4.78. The third kappa shape index (κ3) is 4.38.